The molecular weight excluding hydrogens is 502 g/mol. The van der Waals surface area contributed by atoms with Crippen LogP contribution >= 0.6 is 0 Å². The van der Waals surface area contributed by atoms with E-state index in [1.807, 2.05) is 66.7 Å². The van der Waals surface area contributed by atoms with Crippen LogP contribution in [0, 0.1) is 0 Å². The molecule has 9 nitrogen and oxygen atoms in total. The van der Waals surface area contributed by atoms with Crippen molar-refractivity contribution >= 4 is 50.7 Å². The van der Waals surface area contributed by atoms with E-state index in [9.17, 15) is 4.79 Å². The van der Waals surface area contributed by atoms with Gasteiger partial charge in [-0.2, -0.15) is 5.10 Å². The number of anilines is 3. The number of hydrogen-bond acceptors (Lipinski definition) is 7. The summed E-state index contributed by atoms with van der Waals surface area (Å²) in [6, 6.07) is 28.9. The summed E-state index contributed by atoms with van der Waals surface area (Å²) in [6.45, 7) is 0.343. The Balaban J connectivity index is 1.19. The van der Waals surface area contributed by atoms with Crippen LogP contribution in [0.25, 0.3) is 38.7 Å². The van der Waals surface area contributed by atoms with Crippen molar-refractivity contribution < 1.29 is 9.21 Å². The van der Waals surface area contributed by atoms with Gasteiger partial charge in [-0.3, -0.25) is 9.78 Å². The van der Waals surface area contributed by atoms with E-state index in [1.54, 1.807) is 29.0 Å². The number of carbonyl (C=O) groups excluding carboxylic acids is 1. The van der Waals surface area contributed by atoms with E-state index >= 15 is 0 Å². The summed E-state index contributed by atoms with van der Waals surface area (Å²) in [5.41, 5.74) is 12.4. The first kappa shape index (κ1) is 23.6. The summed E-state index contributed by atoms with van der Waals surface area (Å²) in [5.74, 6) is 0.244. The van der Waals surface area contributed by atoms with Crippen molar-refractivity contribution in [2.24, 2.45) is 5.73 Å². The van der Waals surface area contributed by atoms with Crippen LogP contribution in [0.5, 0.6) is 0 Å². The fourth-order valence-electron chi connectivity index (χ4n) is 4.79. The zero-order valence-electron chi connectivity index (χ0n) is 21.2. The number of amides is 1. The average Bonchev–Trinajstić information content (AvgIpc) is 3.63. The van der Waals surface area contributed by atoms with Gasteiger partial charge in [-0.1, -0.05) is 30.3 Å². The third-order valence-electron chi connectivity index (χ3n) is 6.76. The lowest BCUT2D eigenvalue weighted by Gasteiger charge is -2.11. The molecule has 0 bridgehead atoms. The van der Waals surface area contributed by atoms with Crippen LogP contribution < -0.4 is 16.4 Å². The summed E-state index contributed by atoms with van der Waals surface area (Å²) in [7, 11) is 0. The van der Waals surface area contributed by atoms with Gasteiger partial charge in [0.1, 0.15) is 16.9 Å². The van der Waals surface area contributed by atoms with E-state index in [2.05, 4.69) is 32.8 Å². The van der Waals surface area contributed by atoms with Crippen molar-refractivity contribution in [3.8, 4) is 11.3 Å². The van der Waals surface area contributed by atoms with E-state index in [-0.39, 0.29) is 5.91 Å². The van der Waals surface area contributed by atoms with Gasteiger partial charge in [-0.05, 0) is 66.2 Å². The lowest BCUT2D eigenvalue weighted by atomic mass is 10.1. The predicted molar refractivity (Wildman–Crippen MR) is 156 cm³/mol. The largest absolute Gasteiger partial charge is 0.455 e. The number of nitrogens with two attached hydrogens (primary N) is 1. The highest BCUT2D eigenvalue weighted by Crippen LogP contribution is 2.36. The van der Waals surface area contributed by atoms with E-state index in [4.69, 9.17) is 15.1 Å². The van der Waals surface area contributed by atoms with Gasteiger partial charge < -0.3 is 20.8 Å². The molecule has 4 aromatic heterocycles. The molecule has 0 unspecified atom stereocenters. The topological polar surface area (TPSA) is 123 Å². The molecule has 40 heavy (non-hydrogen) atoms. The first-order valence-electron chi connectivity index (χ1n) is 12.8. The Labute approximate surface area is 228 Å². The Kier molecular flexibility index (Phi) is 5.68. The minimum absolute atomic E-state index is 0.302. The van der Waals surface area contributed by atoms with Crippen molar-refractivity contribution in [3.05, 3.63) is 115 Å². The lowest BCUT2D eigenvalue weighted by Crippen LogP contribution is -2.14. The molecule has 4 heterocycles. The highest BCUT2D eigenvalue weighted by Gasteiger charge is 2.16. The third-order valence-corrected chi connectivity index (χ3v) is 6.76. The molecule has 4 N–H and O–H groups in total. The highest BCUT2D eigenvalue weighted by atomic mass is 16.3. The molecule has 0 spiro atoms. The van der Waals surface area contributed by atoms with Crippen molar-refractivity contribution in [1.82, 2.24) is 19.6 Å². The molecule has 0 fully saturated rings. The average molecular weight is 526 g/mol. The number of furan rings is 1. The van der Waals surface area contributed by atoms with Crippen molar-refractivity contribution in [2.75, 3.05) is 10.6 Å². The highest BCUT2D eigenvalue weighted by molar-refractivity contribution is 6.09. The van der Waals surface area contributed by atoms with Crippen LogP contribution in [-0.4, -0.2) is 25.5 Å². The SMILES string of the molecule is NCc1ccnc(C(=O)Nc2ccc(Nc3nc(-c4cccc5c4oc4ccccc45)cc4ccnn34)cc2)c1. The second-order valence-electron chi connectivity index (χ2n) is 9.32. The van der Waals surface area contributed by atoms with Gasteiger partial charge in [-0.25, -0.2) is 9.50 Å². The maximum Gasteiger partial charge on any atom is 0.274 e. The van der Waals surface area contributed by atoms with Gasteiger partial charge in [0.05, 0.1) is 17.4 Å². The summed E-state index contributed by atoms with van der Waals surface area (Å²) in [4.78, 5) is 21.7. The molecule has 9 heteroatoms. The van der Waals surface area contributed by atoms with Gasteiger partial charge in [0.15, 0.2) is 0 Å². The number of aromatic nitrogens is 4. The predicted octanol–water partition coefficient (Wildman–Crippen LogP) is 6.15. The zero-order chi connectivity index (χ0) is 27.1. The van der Waals surface area contributed by atoms with Gasteiger partial charge in [0.25, 0.3) is 5.91 Å². The maximum atomic E-state index is 12.6. The van der Waals surface area contributed by atoms with Gasteiger partial charge in [0.2, 0.25) is 5.95 Å². The van der Waals surface area contributed by atoms with Gasteiger partial charge in [-0.15, -0.1) is 0 Å². The minimum atomic E-state index is -0.302. The van der Waals surface area contributed by atoms with E-state index in [1.165, 1.54) is 0 Å². The van der Waals surface area contributed by atoms with Crippen LogP contribution in [0.2, 0.25) is 0 Å². The Morgan fingerprint density at radius 1 is 0.875 bits per heavy atom. The molecular formula is C31H23N7O2. The quantitative estimate of drug-likeness (QED) is 0.238. The number of carbonyl (C=O) groups is 1. The number of rotatable bonds is 6. The molecule has 1 amide bonds. The minimum Gasteiger partial charge on any atom is -0.455 e. The fourth-order valence-corrected chi connectivity index (χ4v) is 4.79. The molecule has 0 saturated heterocycles. The van der Waals surface area contributed by atoms with Crippen LogP contribution in [0.1, 0.15) is 16.1 Å². The molecule has 0 aliphatic rings. The fraction of sp³-hybridized carbons (Fsp3) is 0.0323. The number of nitrogens with one attached hydrogen (secondary N) is 2. The van der Waals surface area contributed by atoms with Crippen molar-refractivity contribution in [2.45, 2.75) is 6.54 Å². The zero-order valence-corrected chi connectivity index (χ0v) is 21.2. The molecule has 7 aromatic rings. The summed E-state index contributed by atoms with van der Waals surface area (Å²) in [5, 5.41) is 12.8. The molecule has 0 aliphatic heterocycles. The molecule has 0 atom stereocenters. The molecule has 0 saturated carbocycles. The molecule has 194 valence electrons. The van der Waals surface area contributed by atoms with Crippen LogP contribution in [-0.2, 0) is 6.54 Å². The van der Waals surface area contributed by atoms with Crippen LogP contribution in [0.4, 0.5) is 17.3 Å². The summed E-state index contributed by atoms with van der Waals surface area (Å²) in [6.07, 6.45) is 3.32. The number of pyridine rings is 1. The maximum absolute atomic E-state index is 12.6. The Bertz CT molecular complexity index is 2030. The van der Waals surface area contributed by atoms with E-state index in [0.717, 1.165) is 50.0 Å². The summed E-state index contributed by atoms with van der Waals surface area (Å²) >= 11 is 0. The number of nitrogens with zero attached hydrogens (tertiary/aromatic N) is 4. The Hall–Kier alpha value is -5.54. The first-order chi connectivity index (χ1) is 19.7. The Morgan fingerprint density at radius 2 is 1.70 bits per heavy atom. The normalized spacial score (nSPS) is 11.3. The Morgan fingerprint density at radius 3 is 2.58 bits per heavy atom. The first-order valence-corrected chi connectivity index (χ1v) is 12.8. The van der Waals surface area contributed by atoms with Crippen LogP contribution in [0.3, 0.4) is 0 Å². The number of fused-ring (bicyclic) bond motifs is 4. The van der Waals surface area contributed by atoms with Gasteiger partial charge >= 0.3 is 0 Å². The number of hydrogen-bond donors (Lipinski definition) is 3. The number of benzene rings is 3. The lowest BCUT2D eigenvalue weighted by molar-refractivity contribution is 0.102. The summed E-state index contributed by atoms with van der Waals surface area (Å²) < 4.78 is 8.00. The second kappa shape index (κ2) is 9.64. The standard InChI is InChI=1S/C31H23N7O2/c32-18-19-12-14-33-27(16-19)30(39)35-20-8-10-21(11-9-20)36-31-37-26(17-22-13-15-34-38(22)31)25-6-3-5-24-23-4-1-2-7-28(23)40-29(24)25/h1-17H,18,32H2,(H,35,39)(H,36,37). The second-order valence-corrected chi connectivity index (χ2v) is 9.32. The molecule has 7 rings (SSSR count). The monoisotopic (exact) mass is 525 g/mol. The molecule has 3 aromatic carbocycles. The smallest absolute Gasteiger partial charge is 0.274 e. The number of para-hydroxylation sites is 2. The third kappa shape index (κ3) is 4.20. The van der Waals surface area contributed by atoms with Crippen LogP contribution in [0.15, 0.2) is 108 Å². The molecule has 0 radical (unpaired) electrons. The van der Waals surface area contributed by atoms with Gasteiger partial charge in [0, 0.05) is 40.5 Å². The van der Waals surface area contributed by atoms with Crippen molar-refractivity contribution in [3.63, 3.8) is 0 Å². The van der Waals surface area contributed by atoms with E-state index < -0.39 is 0 Å². The van der Waals surface area contributed by atoms with E-state index in [0.29, 0.717) is 23.9 Å². The molecule has 0 aliphatic carbocycles. The van der Waals surface area contributed by atoms with Crippen molar-refractivity contribution in [1.29, 1.82) is 0 Å².